The van der Waals surface area contributed by atoms with Gasteiger partial charge >= 0.3 is 0 Å². The molecule has 0 radical (unpaired) electrons. The Bertz CT molecular complexity index is 495. The molecule has 0 bridgehead atoms. The van der Waals surface area contributed by atoms with Crippen molar-refractivity contribution in [3.05, 3.63) is 24.3 Å². The third kappa shape index (κ3) is 2.94. The molecule has 4 nitrogen and oxygen atoms in total. The van der Waals surface area contributed by atoms with E-state index in [0.29, 0.717) is 26.2 Å². The van der Waals surface area contributed by atoms with Crippen LogP contribution in [0.3, 0.4) is 0 Å². The van der Waals surface area contributed by atoms with Gasteiger partial charge in [-0.3, -0.25) is 4.79 Å². The number of nitrogens with zero attached hydrogens (tertiary/aromatic N) is 2. The van der Waals surface area contributed by atoms with Crippen molar-refractivity contribution in [3.8, 4) is 0 Å². The van der Waals surface area contributed by atoms with E-state index in [1.807, 2.05) is 29.7 Å². The molecule has 0 aliphatic carbocycles. The van der Waals surface area contributed by atoms with E-state index in [1.165, 1.54) is 10.6 Å². The molecule has 1 aromatic rings. The Labute approximate surface area is 124 Å². The minimum atomic E-state index is 0.150. The van der Waals surface area contributed by atoms with Gasteiger partial charge in [0.25, 0.3) is 0 Å². The van der Waals surface area contributed by atoms with Gasteiger partial charge < -0.3 is 14.5 Å². The number of para-hydroxylation sites is 1. The minimum absolute atomic E-state index is 0.150. The Morgan fingerprint density at radius 3 is 3.10 bits per heavy atom. The van der Waals surface area contributed by atoms with E-state index < -0.39 is 0 Å². The maximum Gasteiger partial charge on any atom is 0.242 e. The molecule has 5 heteroatoms. The Kier molecular flexibility index (Phi) is 4.17. The van der Waals surface area contributed by atoms with Crippen molar-refractivity contribution in [1.82, 2.24) is 4.90 Å². The number of ether oxygens (including phenoxy) is 1. The zero-order valence-corrected chi connectivity index (χ0v) is 12.6. The number of fused-ring (bicyclic) bond motifs is 1. The second-order valence-corrected chi connectivity index (χ2v) is 6.40. The van der Waals surface area contributed by atoms with Crippen molar-refractivity contribution in [2.45, 2.75) is 17.9 Å². The Morgan fingerprint density at radius 2 is 2.25 bits per heavy atom. The number of anilines is 1. The van der Waals surface area contributed by atoms with E-state index in [9.17, 15) is 4.79 Å². The van der Waals surface area contributed by atoms with Crippen molar-refractivity contribution in [2.24, 2.45) is 0 Å². The minimum Gasteiger partial charge on any atom is -0.375 e. The molecule has 2 aliphatic rings. The van der Waals surface area contributed by atoms with Crippen LogP contribution in [0.1, 0.15) is 6.92 Å². The van der Waals surface area contributed by atoms with Gasteiger partial charge in [0, 0.05) is 30.3 Å². The number of thioether (sulfide) groups is 1. The average Bonchev–Trinajstić information content (AvgIpc) is 2.47. The Balaban J connectivity index is 1.68. The predicted octanol–water partition coefficient (Wildman–Crippen LogP) is 1.85. The molecule has 0 aromatic heterocycles. The summed E-state index contributed by atoms with van der Waals surface area (Å²) < 4.78 is 5.49. The number of amides is 1. The summed E-state index contributed by atoms with van der Waals surface area (Å²) in [7, 11) is 0. The summed E-state index contributed by atoms with van der Waals surface area (Å²) in [6, 6.07) is 8.34. The maximum atomic E-state index is 12.4. The number of morpholine rings is 1. The van der Waals surface area contributed by atoms with E-state index in [0.717, 1.165) is 12.3 Å². The van der Waals surface area contributed by atoms with Crippen molar-refractivity contribution in [1.29, 1.82) is 0 Å². The normalized spacial score (nSPS) is 22.6. The zero-order chi connectivity index (χ0) is 13.9. The summed E-state index contributed by atoms with van der Waals surface area (Å²) in [5, 5.41) is 0. The van der Waals surface area contributed by atoms with Crippen LogP contribution in [0, 0.1) is 0 Å². The van der Waals surface area contributed by atoms with Crippen LogP contribution in [-0.4, -0.2) is 55.4 Å². The molecule has 2 aliphatic heterocycles. The summed E-state index contributed by atoms with van der Waals surface area (Å²) in [6.07, 6.45) is 0.150. The predicted molar refractivity (Wildman–Crippen MR) is 81.4 cm³/mol. The highest BCUT2D eigenvalue weighted by Gasteiger charge is 2.25. The van der Waals surface area contributed by atoms with Gasteiger partial charge in [-0.15, -0.1) is 11.8 Å². The fourth-order valence-corrected chi connectivity index (χ4v) is 3.75. The number of hydrogen-bond donors (Lipinski definition) is 0. The van der Waals surface area contributed by atoms with Crippen LogP contribution < -0.4 is 4.90 Å². The molecule has 0 saturated carbocycles. The van der Waals surface area contributed by atoms with Gasteiger partial charge in [0.1, 0.15) is 0 Å². The number of rotatable bonds is 2. The highest BCUT2D eigenvalue weighted by molar-refractivity contribution is 7.99. The molecule has 1 aromatic carbocycles. The molecule has 3 rings (SSSR count). The van der Waals surface area contributed by atoms with Crippen molar-refractivity contribution in [2.75, 3.05) is 43.4 Å². The Hall–Kier alpha value is -1.20. The van der Waals surface area contributed by atoms with Crippen LogP contribution in [-0.2, 0) is 9.53 Å². The molecule has 2 heterocycles. The van der Waals surface area contributed by atoms with Gasteiger partial charge in [-0.25, -0.2) is 0 Å². The smallest absolute Gasteiger partial charge is 0.242 e. The lowest BCUT2D eigenvalue weighted by Gasteiger charge is -2.35. The first-order chi connectivity index (χ1) is 9.74. The third-order valence-electron chi connectivity index (χ3n) is 3.74. The second-order valence-electron chi connectivity index (χ2n) is 5.26. The molecule has 1 amide bonds. The van der Waals surface area contributed by atoms with Gasteiger partial charge in [0.2, 0.25) is 5.91 Å². The lowest BCUT2D eigenvalue weighted by molar-refractivity contribution is -0.136. The molecule has 1 saturated heterocycles. The second kappa shape index (κ2) is 6.06. The van der Waals surface area contributed by atoms with Crippen LogP contribution in [0.15, 0.2) is 29.2 Å². The first-order valence-electron chi connectivity index (χ1n) is 7.10. The number of carbonyl (C=O) groups is 1. The fourth-order valence-electron chi connectivity index (χ4n) is 2.70. The van der Waals surface area contributed by atoms with Crippen molar-refractivity contribution >= 4 is 23.4 Å². The fraction of sp³-hybridized carbons (Fsp3) is 0.533. The molecular formula is C15H20N2O2S. The van der Waals surface area contributed by atoms with Gasteiger partial charge in [-0.05, 0) is 19.1 Å². The molecule has 108 valence electrons. The molecule has 1 unspecified atom stereocenters. The van der Waals surface area contributed by atoms with E-state index in [2.05, 4.69) is 23.1 Å². The van der Waals surface area contributed by atoms with Gasteiger partial charge in [-0.1, -0.05) is 12.1 Å². The summed E-state index contributed by atoms with van der Waals surface area (Å²) >= 11 is 1.87. The molecule has 20 heavy (non-hydrogen) atoms. The van der Waals surface area contributed by atoms with Crippen LogP contribution in [0.5, 0.6) is 0 Å². The average molecular weight is 292 g/mol. The first kappa shape index (κ1) is 13.8. The standard InChI is InChI=1S/C15H20N2O2S/c1-12-10-17(6-8-19-12)15(18)11-16-7-9-20-14-5-3-2-4-13(14)16/h2-5,12H,6-11H2,1H3. The third-order valence-corrected chi connectivity index (χ3v) is 4.79. The van der Waals surface area contributed by atoms with Crippen LogP contribution >= 0.6 is 11.8 Å². The van der Waals surface area contributed by atoms with E-state index in [-0.39, 0.29) is 12.0 Å². The van der Waals surface area contributed by atoms with E-state index in [4.69, 9.17) is 4.74 Å². The van der Waals surface area contributed by atoms with Gasteiger partial charge in [0.05, 0.1) is 24.9 Å². The lowest BCUT2D eigenvalue weighted by atomic mass is 10.2. The van der Waals surface area contributed by atoms with Crippen molar-refractivity contribution < 1.29 is 9.53 Å². The molecule has 0 N–H and O–H groups in total. The van der Waals surface area contributed by atoms with Gasteiger partial charge in [0.15, 0.2) is 0 Å². The largest absolute Gasteiger partial charge is 0.375 e. The lowest BCUT2D eigenvalue weighted by Crippen LogP contribution is -2.49. The highest BCUT2D eigenvalue weighted by Crippen LogP contribution is 2.34. The molecule has 0 spiro atoms. The van der Waals surface area contributed by atoms with Gasteiger partial charge in [-0.2, -0.15) is 0 Å². The molecular weight excluding hydrogens is 272 g/mol. The summed E-state index contributed by atoms with van der Waals surface area (Å²) in [5.41, 5.74) is 1.19. The quantitative estimate of drug-likeness (QED) is 0.833. The van der Waals surface area contributed by atoms with Crippen LogP contribution in [0.25, 0.3) is 0 Å². The summed E-state index contributed by atoms with van der Waals surface area (Å²) in [6.45, 7) is 5.51. The molecule has 1 atom stereocenters. The Morgan fingerprint density at radius 1 is 1.40 bits per heavy atom. The van der Waals surface area contributed by atoms with Crippen LogP contribution in [0.2, 0.25) is 0 Å². The van der Waals surface area contributed by atoms with E-state index in [1.54, 1.807) is 0 Å². The first-order valence-corrected chi connectivity index (χ1v) is 8.09. The topological polar surface area (TPSA) is 32.8 Å². The number of benzene rings is 1. The maximum absolute atomic E-state index is 12.4. The summed E-state index contributed by atoms with van der Waals surface area (Å²) in [4.78, 5) is 17.9. The number of carbonyl (C=O) groups excluding carboxylic acids is 1. The van der Waals surface area contributed by atoms with Crippen LogP contribution in [0.4, 0.5) is 5.69 Å². The van der Waals surface area contributed by atoms with E-state index >= 15 is 0 Å². The SMILES string of the molecule is CC1CN(C(=O)CN2CCSc3ccccc32)CCO1. The number of hydrogen-bond acceptors (Lipinski definition) is 4. The summed E-state index contributed by atoms with van der Waals surface area (Å²) in [5.74, 6) is 1.26. The monoisotopic (exact) mass is 292 g/mol. The van der Waals surface area contributed by atoms with Crippen molar-refractivity contribution in [3.63, 3.8) is 0 Å². The molecule has 1 fully saturated rings. The zero-order valence-electron chi connectivity index (χ0n) is 11.7. The highest BCUT2D eigenvalue weighted by atomic mass is 32.2.